The molecule has 1 saturated carbocycles. The highest BCUT2D eigenvalue weighted by atomic mass is 15.3. The van der Waals surface area contributed by atoms with E-state index >= 15 is 0 Å². The second kappa shape index (κ2) is 5.64. The molecule has 2 aromatic rings. The Morgan fingerprint density at radius 3 is 2.57 bits per heavy atom. The van der Waals surface area contributed by atoms with Crippen molar-refractivity contribution in [3.63, 3.8) is 0 Å². The van der Waals surface area contributed by atoms with Crippen molar-refractivity contribution in [3.05, 3.63) is 46.3 Å². The molecule has 1 N–H and O–H groups in total. The number of rotatable bonds is 5. The van der Waals surface area contributed by atoms with E-state index in [1.165, 1.54) is 40.9 Å². The zero-order valence-corrected chi connectivity index (χ0v) is 13.5. The summed E-state index contributed by atoms with van der Waals surface area (Å²) < 4.78 is 2.08. The van der Waals surface area contributed by atoms with Crippen LogP contribution in [0.5, 0.6) is 0 Å². The molecule has 0 atom stereocenters. The first-order valence-electron chi connectivity index (χ1n) is 7.98. The van der Waals surface area contributed by atoms with Gasteiger partial charge >= 0.3 is 0 Å². The molecule has 112 valence electrons. The summed E-state index contributed by atoms with van der Waals surface area (Å²) in [4.78, 5) is 0. The van der Waals surface area contributed by atoms with E-state index in [-0.39, 0.29) is 0 Å². The molecule has 3 rings (SSSR count). The van der Waals surface area contributed by atoms with E-state index in [0.717, 1.165) is 24.7 Å². The molecule has 1 aromatic heterocycles. The molecule has 1 heterocycles. The molecule has 21 heavy (non-hydrogen) atoms. The Balaban J connectivity index is 1.87. The van der Waals surface area contributed by atoms with E-state index in [9.17, 15) is 0 Å². The minimum absolute atomic E-state index is 0.757. The van der Waals surface area contributed by atoms with E-state index < -0.39 is 0 Å². The minimum atomic E-state index is 0.757. The van der Waals surface area contributed by atoms with Crippen LogP contribution in [0.4, 0.5) is 0 Å². The molecule has 1 fully saturated rings. The molecule has 1 aliphatic carbocycles. The van der Waals surface area contributed by atoms with Gasteiger partial charge in [-0.05, 0) is 68.9 Å². The number of benzene rings is 1. The van der Waals surface area contributed by atoms with Crippen molar-refractivity contribution in [2.45, 2.75) is 59.5 Å². The molecule has 0 bridgehead atoms. The van der Waals surface area contributed by atoms with Crippen LogP contribution in [0.1, 0.15) is 47.8 Å². The van der Waals surface area contributed by atoms with Crippen molar-refractivity contribution in [2.75, 3.05) is 0 Å². The van der Waals surface area contributed by atoms with Gasteiger partial charge in [-0.1, -0.05) is 13.0 Å². The third kappa shape index (κ3) is 2.88. The molecule has 0 spiro atoms. The number of hydrogen-bond acceptors (Lipinski definition) is 2. The average molecular weight is 283 g/mol. The van der Waals surface area contributed by atoms with Gasteiger partial charge in [0, 0.05) is 18.3 Å². The maximum atomic E-state index is 4.71. The second-order valence-electron chi connectivity index (χ2n) is 6.18. The van der Waals surface area contributed by atoms with Crippen LogP contribution in [-0.4, -0.2) is 15.8 Å². The highest BCUT2D eigenvalue weighted by Crippen LogP contribution is 2.22. The van der Waals surface area contributed by atoms with Crippen molar-refractivity contribution in [2.24, 2.45) is 0 Å². The predicted molar refractivity (Wildman–Crippen MR) is 87.0 cm³/mol. The molecule has 0 aliphatic heterocycles. The summed E-state index contributed by atoms with van der Waals surface area (Å²) in [5, 5.41) is 8.29. The standard InChI is InChI=1S/C18H25N3/c1-5-18-13(3)20-21(14(18)4)17-9-6-15(12(2)10-17)11-19-16-7-8-16/h6,9-10,16,19H,5,7-8,11H2,1-4H3. The number of aryl methyl sites for hydroxylation is 2. The van der Waals surface area contributed by atoms with Crippen molar-refractivity contribution in [1.29, 1.82) is 0 Å². The fourth-order valence-electron chi connectivity index (χ4n) is 2.99. The van der Waals surface area contributed by atoms with Crippen molar-refractivity contribution in [1.82, 2.24) is 15.1 Å². The number of nitrogens with zero attached hydrogens (tertiary/aromatic N) is 2. The van der Waals surface area contributed by atoms with Gasteiger partial charge < -0.3 is 5.32 Å². The molecule has 3 heteroatoms. The first-order valence-corrected chi connectivity index (χ1v) is 7.98. The smallest absolute Gasteiger partial charge is 0.0651 e. The van der Waals surface area contributed by atoms with Crippen LogP contribution >= 0.6 is 0 Å². The van der Waals surface area contributed by atoms with Crippen LogP contribution in [0.2, 0.25) is 0 Å². The number of aromatic nitrogens is 2. The molecular weight excluding hydrogens is 258 g/mol. The van der Waals surface area contributed by atoms with Gasteiger partial charge in [-0.25, -0.2) is 4.68 Å². The lowest BCUT2D eigenvalue weighted by atomic mass is 10.1. The normalized spacial score (nSPS) is 14.7. The van der Waals surface area contributed by atoms with Gasteiger partial charge in [0.1, 0.15) is 0 Å². The average Bonchev–Trinajstić information content (AvgIpc) is 3.23. The summed E-state index contributed by atoms with van der Waals surface area (Å²) in [6.45, 7) is 9.63. The maximum absolute atomic E-state index is 4.71. The Labute approximate surface area is 127 Å². The predicted octanol–water partition coefficient (Wildman–Crippen LogP) is 3.61. The van der Waals surface area contributed by atoms with E-state index in [4.69, 9.17) is 5.10 Å². The van der Waals surface area contributed by atoms with Crippen LogP contribution in [0.25, 0.3) is 5.69 Å². The van der Waals surface area contributed by atoms with Gasteiger partial charge in [0.05, 0.1) is 11.4 Å². The summed E-state index contributed by atoms with van der Waals surface area (Å²) in [7, 11) is 0. The Morgan fingerprint density at radius 1 is 1.24 bits per heavy atom. The monoisotopic (exact) mass is 283 g/mol. The molecular formula is C18H25N3. The lowest BCUT2D eigenvalue weighted by Crippen LogP contribution is -2.16. The molecule has 0 amide bonds. The van der Waals surface area contributed by atoms with E-state index in [1.54, 1.807) is 0 Å². The first-order chi connectivity index (χ1) is 10.1. The fourth-order valence-corrected chi connectivity index (χ4v) is 2.99. The van der Waals surface area contributed by atoms with E-state index in [1.807, 2.05) is 0 Å². The minimum Gasteiger partial charge on any atom is -0.310 e. The summed E-state index contributed by atoms with van der Waals surface area (Å²) in [5.41, 5.74) is 7.68. The zero-order valence-electron chi connectivity index (χ0n) is 13.5. The van der Waals surface area contributed by atoms with Gasteiger partial charge in [0.2, 0.25) is 0 Å². The quantitative estimate of drug-likeness (QED) is 0.908. The highest BCUT2D eigenvalue weighted by molar-refractivity contribution is 5.42. The topological polar surface area (TPSA) is 29.9 Å². The maximum Gasteiger partial charge on any atom is 0.0651 e. The fraction of sp³-hybridized carbons (Fsp3) is 0.500. The summed E-state index contributed by atoms with van der Waals surface area (Å²) >= 11 is 0. The Hall–Kier alpha value is -1.61. The van der Waals surface area contributed by atoms with Crippen LogP contribution in [-0.2, 0) is 13.0 Å². The third-order valence-electron chi connectivity index (χ3n) is 4.52. The van der Waals surface area contributed by atoms with E-state index in [0.29, 0.717) is 0 Å². The Kier molecular flexibility index (Phi) is 3.85. The summed E-state index contributed by atoms with van der Waals surface area (Å²) in [6.07, 6.45) is 3.71. The van der Waals surface area contributed by atoms with E-state index in [2.05, 4.69) is 55.9 Å². The lowest BCUT2D eigenvalue weighted by molar-refractivity contribution is 0.684. The lowest BCUT2D eigenvalue weighted by Gasteiger charge is -2.11. The number of nitrogens with one attached hydrogen (secondary N) is 1. The second-order valence-corrected chi connectivity index (χ2v) is 6.18. The molecule has 1 aliphatic rings. The van der Waals surface area contributed by atoms with Crippen LogP contribution in [0, 0.1) is 20.8 Å². The van der Waals surface area contributed by atoms with Crippen molar-refractivity contribution < 1.29 is 0 Å². The zero-order chi connectivity index (χ0) is 15.0. The molecule has 0 saturated heterocycles. The highest BCUT2D eigenvalue weighted by Gasteiger charge is 2.20. The largest absolute Gasteiger partial charge is 0.310 e. The van der Waals surface area contributed by atoms with Gasteiger partial charge in [0.25, 0.3) is 0 Å². The molecule has 3 nitrogen and oxygen atoms in total. The van der Waals surface area contributed by atoms with Gasteiger partial charge in [-0.3, -0.25) is 0 Å². The number of hydrogen-bond donors (Lipinski definition) is 1. The summed E-state index contributed by atoms with van der Waals surface area (Å²) in [5.74, 6) is 0. The van der Waals surface area contributed by atoms with Crippen LogP contribution < -0.4 is 5.32 Å². The van der Waals surface area contributed by atoms with Gasteiger partial charge in [-0.15, -0.1) is 0 Å². The van der Waals surface area contributed by atoms with Crippen LogP contribution in [0.15, 0.2) is 18.2 Å². The SMILES string of the molecule is CCc1c(C)nn(-c2ccc(CNC3CC3)c(C)c2)c1C. The third-order valence-corrected chi connectivity index (χ3v) is 4.52. The first kappa shape index (κ1) is 14.3. The van der Waals surface area contributed by atoms with Crippen molar-refractivity contribution >= 4 is 0 Å². The van der Waals surface area contributed by atoms with Gasteiger partial charge in [0.15, 0.2) is 0 Å². The van der Waals surface area contributed by atoms with Crippen LogP contribution in [0.3, 0.4) is 0 Å². The molecule has 0 unspecified atom stereocenters. The summed E-state index contributed by atoms with van der Waals surface area (Å²) in [6, 6.07) is 7.44. The van der Waals surface area contributed by atoms with Gasteiger partial charge in [-0.2, -0.15) is 5.10 Å². The Bertz CT molecular complexity index is 651. The Morgan fingerprint density at radius 2 is 2.00 bits per heavy atom. The molecule has 0 radical (unpaired) electrons. The van der Waals surface area contributed by atoms with Crippen molar-refractivity contribution in [3.8, 4) is 5.69 Å². The molecule has 1 aromatic carbocycles.